The summed E-state index contributed by atoms with van der Waals surface area (Å²) in [6, 6.07) is 10.9. The molecule has 1 aliphatic heterocycles. The van der Waals surface area contributed by atoms with Gasteiger partial charge in [0.15, 0.2) is 0 Å². The van der Waals surface area contributed by atoms with Gasteiger partial charge in [0.05, 0.1) is 12.6 Å². The van der Waals surface area contributed by atoms with E-state index < -0.39 is 0 Å². The molecule has 1 N–H and O–H groups in total. The second kappa shape index (κ2) is 5.07. The van der Waals surface area contributed by atoms with Gasteiger partial charge in [-0.2, -0.15) is 5.48 Å². The quantitative estimate of drug-likeness (QED) is 0.891. The lowest BCUT2D eigenvalue weighted by molar-refractivity contribution is 0.0883. The third-order valence-corrected chi connectivity index (χ3v) is 3.26. The molecule has 0 aromatic heterocycles. The van der Waals surface area contributed by atoms with E-state index in [9.17, 15) is 8.78 Å². The van der Waals surface area contributed by atoms with E-state index in [-0.39, 0.29) is 17.7 Å². The van der Waals surface area contributed by atoms with Crippen molar-refractivity contribution in [3.05, 3.63) is 59.7 Å². The molecule has 2 aromatic carbocycles. The van der Waals surface area contributed by atoms with Crippen LogP contribution in [0.4, 0.5) is 8.78 Å². The normalized spacial score (nSPS) is 18.7. The van der Waals surface area contributed by atoms with Crippen molar-refractivity contribution in [3.63, 3.8) is 0 Å². The van der Waals surface area contributed by atoms with Crippen LogP contribution in [0.15, 0.2) is 42.5 Å². The lowest BCUT2D eigenvalue weighted by Gasteiger charge is -2.12. The van der Waals surface area contributed by atoms with E-state index in [0.717, 1.165) is 12.0 Å². The molecule has 0 aliphatic carbocycles. The SMILES string of the molecule is Fc1cccc(-c2cc([C@H]3CCON3)ccc2F)c1. The summed E-state index contributed by atoms with van der Waals surface area (Å²) in [7, 11) is 0. The Morgan fingerprint density at radius 2 is 2.00 bits per heavy atom. The highest BCUT2D eigenvalue weighted by Gasteiger charge is 2.18. The van der Waals surface area contributed by atoms with Crippen molar-refractivity contribution >= 4 is 0 Å². The fourth-order valence-corrected chi connectivity index (χ4v) is 2.27. The van der Waals surface area contributed by atoms with Gasteiger partial charge in [-0.15, -0.1) is 0 Å². The van der Waals surface area contributed by atoms with Crippen molar-refractivity contribution in [2.45, 2.75) is 12.5 Å². The Balaban J connectivity index is 2.02. The van der Waals surface area contributed by atoms with Crippen LogP contribution in [0.2, 0.25) is 0 Å². The van der Waals surface area contributed by atoms with Gasteiger partial charge in [-0.3, -0.25) is 0 Å². The largest absolute Gasteiger partial charge is 0.301 e. The minimum atomic E-state index is -0.371. The van der Waals surface area contributed by atoms with Crippen LogP contribution in [0.3, 0.4) is 0 Å². The molecule has 0 amide bonds. The number of hydroxylamine groups is 1. The second-order valence-corrected chi connectivity index (χ2v) is 4.56. The standard InChI is InChI=1S/C15H13F2NO/c16-12-3-1-2-10(8-12)13-9-11(4-5-14(13)17)15-6-7-19-18-15/h1-5,8-9,15,18H,6-7H2/t15-/m1/s1. The second-order valence-electron chi connectivity index (χ2n) is 4.56. The van der Waals surface area contributed by atoms with Gasteiger partial charge < -0.3 is 4.84 Å². The first-order valence-electron chi connectivity index (χ1n) is 6.17. The molecule has 0 radical (unpaired) electrons. The van der Waals surface area contributed by atoms with Crippen LogP contribution < -0.4 is 5.48 Å². The zero-order chi connectivity index (χ0) is 13.2. The van der Waals surface area contributed by atoms with Crippen LogP contribution in [0.1, 0.15) is 18.0 Å². The van der Waals surface area contributed by atoms with E-state index >= 15 is 0 Å². The number of rotatable bonds is 2. The number of nitrogens with one attached hydrogen (secondary N) is 1. The average molecular weight is 261 g/mol. The van der Waals surface area contributed by atoms with Gasteiger partial charge in [-0.25, -0.2) is 8.78 Å². The van der Waals surface area contributed by atoms with E-state index in [1.807, 2.05) is 0 Å². The minimum Gasteiger partial charge on any atom is -0.301 e. The molecule has 98 valence electrons. The molecule has 2 nitrogen and oxygen atoms in total. The van der Waals surface area contributed by atoms with E-state index in [1.165, 1.54) is 18.2 Å². The van der Waals surface area contributed by atoms with Crippen molar-refractivity contribution < 1.29 is 13.6 Å². The maximum Gasteiger partial charge on any atom is 0.131 e. The molecule has 2 aromatic rings. The lowest BCUT2D eigenvalue weighted by Crippen LogP contribution is -2.11. The van der Waals surface area contributed by atoms with Crippen LogP contribution in [0.5, 0.6) is 0 Å². The predicted molar refractivity (Wildman–Crippen MR) is 68.2 cm³/mol. The van der Waals surface area contributed by atoms with Gasteiger partial charge >= 0.3 is 0 Å². The molecule has 0 unspecified atom stereocenters. The van der Waals surface area contributed by atoms with Gasteiger partial charge in [0.2, 0.25) is 0 Å². The molecule has 1 aliphatic rings. The number of hydrogen-bond acceptors (Lipinski definition) is 2. The van der Waals surface area contributed by atoms with Crippen molar-refractivity contribution in [2.24, 2.45) is 0 Å². The Labute approximate surface area is 110 Å². The smallest absolute Gasteiger partial charge is 0.131 e. The summed E-state index contributed by atoms with van der Waals surface area (Å²) in [5.74, 6) is -0.724. The highest BCUT2D eigenvalue weighted by molar-refractivity contribution is 5.65. The summed E-state index contributed by atoms with van der Waals surface area (Å²) in [4.78, 5) is 5.10. The fraction of sp³-hybridized carbons (Fsp3) is 0.200. The highest BCUT2D eigenvalue weighted by atomic mass is 19.1. The van der Waals surface area contributed by atoms with Gasteiger partial charge in [-0.1, -0.05) is 18.2 Å². The molecule has 1 atom stereocenters. The minimum absolute atomic E-state index is 0.0629. The van der Waals surface area contributed by atoms with Crippen molar-refractivity contribution in [1.29, 1.82) is 0 Å². The summed E-state index contributed by atoms with van der Waals surface area (Å²) < 4.78 is 27.1. The van der Waals surface area contributed by atoms with Crippen LogP contribution in [-0.2, 0) is 4.84 Å². The van der Waals surface area contributed by atoms with Gasteiger partial charge in [-0.05, 0) is 41.8 Å². The molecule has 1 heterocycles. The van der Waals surface area contributed by atoms with Crippen LogP contribution in [0, 0.1) is 11.6 Å². The third kappa shape index (κ3) is 2.50. The number of halogens is 2. The van der Waals surface area contributed by atoms with E-state index in [2.05, 4.69) is 5.48 Å². The predicted octanol–water partition coefficient (Wildman–Crippen LogP) is 3.60. The summed E-state index contributed by atoms with van der Waals surface area (Å²) in [5, 5.41) is 0. The van der Waals surface area contributed by atoms with Crippen molar-refractivity contribution in [3.8, 4) is 11.1 Å². The maximum atomic E-state index is 13.9. The Hall–Kier alpha value is -1.78. The fourth-order valence-electron chi connectivity index (χ4n) is 2.27. The monoisotopic (exact) mass is 261 g/mol. The van der Waals surface area contributed by atoms with E-state index in [1.54, 1.807) is 24.3 Å². The Morgan fingerprint density at radius 1 is 1.11 bits per heavy atom. The summed E-state index contributed by atoms with van der Waals surface area (Å²) >= 11 is 0. The van der Waals surface area contributed by atoms with Crippen LogP contribution in [0.25, 0.3) is 11.1 Å². The van der Waals surface area contributed by atoms with Crippen LogP contribution in [-0.4, -0.2) is 6.61 Å². The van der Waals surface area contributed by atoms with Gasteiger partial charge in [0.1, 0.15) is 11.6 Å². The van der Waals surface area contributed by atoms with Gasteiger partial charge in [0, 0.05) is 5.56 Å². The molecular weight excluding hydrogens is 248 g/mol. The first-order chi connectivity index (χ1) is 9.24. The zero-order valence-electron chi connectivity index (χ0n) is 10.2. The Morgan fingerprint density at radius 3 is 2.74 bits per heavy atom. The molecule has 3 rings (SSSR count). The molecule has 1 fully saturated rings. The number of hydrogen-bond donors (Lipinski definition) is 1. The molecule has 19 heavy (non-hydrogen) atoms. The lowest BCUT2D eigenvalue weighted by atomic mass is 9.98. The highest BCUT2D eigenvalue weighted by Crippen LogP contribution is 2.29. The molecule has 1 saturated heterocycles. The zero-order valence-corrected chi connectivity index (χ0v) is 10.2. The maximum absolute atomic E-state index is 13.9. The Kier molecular flexibility index (Phi) is 3.27. The summed E-state index contributed by atoms with van der Waals surface area (Å²) in [6.45, 7) is 0.636. The van der Waals surface area contributed by atoms with Crippen LogP contribution >= 0.6 is 0 Å². The topological polar surface area (TPSA) is 21.3 Å². The summed E-state index contributed by atoms with van der Waals surface area (Å²) in [6.07, 6.45) is 0.841. The van der Waals surface area contributed by atoms with Crippen molar-refractivity contribution in [2.75, 3.05) is 6.61 Å². The van der Waals surface area contributed by atoms with Gasteiger partial charge in [0.25, 0.3) is 0 Å². The molecular formula is C15H13F2NO. The first-order valence-corrected chi connectivity index (χ1v) is 6.17. The Bertz CT molecular complexity index is 594. The van der Waals surface area contributed by atoms with Crippen molar-refractivity contribution in [1.82, 2.24) is 5.48 Å². The van der Waals surface area contributed by atoms with E-state index in [4.69, 9.17) is 4.84 Å². The molecule has 0 spiro atoms. The third-order valence-electron chi connectivity index (χ3n) is 3.26. The molecule has 0 bridgehead atoms. The average Bonchev–Trinajstić information content (AvgIpc) is 2.93. The van der Waals surface area contributed by atoms with E-state index in [0.29, 0.717) is 17.7 Å². The summed E-state index contributed by atoms with van der Waals surface area (Å²) in [5.41, 5.74) is 4.78. The first kappa shape index (κ1) is 12.3. The molecule has 4 heteroatoms. The molecule has 0 saturated carbocycles. The number of benzene rings is 2.